The van der Waals surface area contributed by atoms with Gasteiger partial charge in [-0.3, -0.25) is 48.1 Å². The Morgan fingerprint density at radius 2 is 1.10 bits per heavy atom. The quantitative estimate of drug-likeness (QED) is 0.0618. The van der Waals surface area contributed by atoms with Crippen molar-refractivity contribution in [3.05, 3.63) is 280 Å². The number of rotatable bonds is 17. The first-order valence-electron chi connectivity index (χ1n) is 29.3. The van der Waals surface area contributed by atoms with Gasteiger partial charge in [-0.1, -0.05) is 121 Å². The maximum Gasteiger partial charge on any atom is 0.264 e. The zero-order valence-electron chi connectivity index (χ0n) is 50.2. The molecule has 13 rings (SSSR count). The van der Waals surface area contributed by atoms with Gasteiger partial charge < -0.3 is 5.73 Å². The van der Waals surface area contributed by atoms with Crippen LogP contribution in [0.5, 0.6) is 0 Å². The number of anilines is 5. The van der Waals surface area contributed by atoms with Gasteiger partial charge in [-0.05, 0) is 146 Å². The number of pyridine rings is 1. The second-order valence-corrected chi connectivity index (χ2v) is 28.9. The summed E-state index contributed by atoms with van der Waals surface area (Å²) in [6, 6.07) is 63.3. The van der Waals surface area contributed by atoms with Gasteiger partial charge in [0.1, 0.15) is 5.69 Å². The van der Waals surface area contributed by atoms with Gasteiger partial charge in [0.25, 0.3) is 41.9 Å². The van der Waals surface area contributed by atoms with Gasteiger partial charge in [0, 0.05) is 69.5 Å². The van der Waals surface area contributed by atoms with E-state index in [4.69, 9.17) is 5.73 Å². The van der Waals surface area contributed by atoms with E-state index in [1.807, 2.05) is 109 Å². The van der Waals surface area contributed by atoms with Crippen LogP contribution >= 0.6 is 22.7 Å². The number of sulfonamides is 3. The number of aromatic nitrogens is 3. The fraction of sp³-hybridized carbons (Fsp3) is 0.100. The molecule has 474 valence electrons. The Bertz CT molecular complexity index is 4940. The minimum absolute atomic E-state index is 0.0228. The number of primary amides is 1. The third-order valence-corrected chi connectivity index (χ3v) is 21.8. The normalized spacial score (nSPS) is 12.6. The number of thiazole rings is 2. The second-order valence-electron chi connectivity index (χ2n) is 21.4. The van der Waals surface area contributed by atoms with Crippen molar-refractivity contribution < 1.29 is 44.4 Å². The molecule has 0 fully saturated rings. The minimum Gasteiger partial charge on any atom is -0.366 e. The first-order chi connectivity index (χ1) is 45.3. The summed E-state index contributed by atoms with van der Waals surface area (Å²) >= 11 is 2.71. The monoisotopic (exact) mass is 1350 g/mol. The maximum absolute atomic E-state index is 13.3. The minimum atomic E-state index is -3.84. The van der Waals surface area contributed by atoms with E-state index in [1.54, 1.807) is 60.8 Å². The molecule has 3 aromatic heterocycles. The highest BCUT2D eigenvalue weighted by Crippen LogP contribution is 2.35. The molecule has 2 aliphatic rings. The van der Waals surface area contributed by atoms with Crippen LogP contribution < -0.4 is 29.7 Å². The van der Waals surface area contributed by atoms with Gasteiger partial charge in [0.2, 0.25) is 5.91 Å². The summed E-state index contributed by atoms with van der Waals surface area (Å²) in [4.78, 5) is 64.1. The van der Waals surface area contributed by atoms with Gasteiger partial charge in [-0.2, -0.15) is 0 Å². The number of hydrogen-bond acceptors (Lipinski definition) is 15. The number of Topliss-reactive ketones (excluding diaryl/α,β-unsaturated/α-hetero) is 1. The van der Waals surface area contributed by atoms with E-state index in [2.05, 4.69) is 30.3 Å². The topological polar surface area (TPSA) is 278 Å². The van der Waals surface area contributed by atoms with Crippen molar-refractivity contribution in [2.24, 2.45) is 5.73 Å². The molecule has 2 aliphatic heterocycles. The number of ketones is 1. The molecule has 0 saturated carbocycles. The lowest BCUT2D eigenvalue weighted by Crippen LogP contribution is -2.35. The summed E-state index contributed by atoms with van der Waals surface area (Å²) in [6.07, 6.45) is 3.94. The van der Waals surface area contributed by atoms with E-state index < -0.39 is 36.0 Å². The molecule has 5 heterocycles. The lowest BCUT2D eigenvalue weighted by Gasteiger charge is -2.30. The molecule has 0 bridgehead atoms. The van der Waals surface area contributed by atoms with Gasteiger partial charge in [0.15, 0.2) is 16.0 Å². The van der Waals surface area contributed by atoms with Crippen LogP contribution in [0.25, 0.3) is 22.6 Å². The molecule has 8 aromatic carbocycles. The van der Waals surface area contributed by atoms with Gasteiger partial charge in [-0.15, -0.1) is 22.7 Å². The Labute approximate surface area is 551 Å². The Hall–Kier alpha value is -10.5. The molecule has 0 spiro atoms. The van der Waals surface area contributed by atoms with E-state index in [0.29, 0.717) is 63.5 Å². The van der Waals surface area contributed by atoms with Gasteiger partial charge >= 0.3 is 0 Å². The molecule has 94 heavy (non-hydrogen) atoms. The number of amides is 3. The Balaban J connectivity index is 0.000000145. The average molecular weight is 1350 g/mol. The number of hydrogen-bond donors (Lipinski definition) is 4. The first kappa shape index (κ1) is 65.0. The zero-order chi connectivity index (χ0) is 66.0. The average Bonchev–Trinajstić information content (AvgIpc) is 1.18. The number of para-hydroxylation sites is 3. The van der Waals surface area contributed by atoms with Crippen LogP contribution in [0.3, 0.4) is 0 Å². The van der Waals surface area contributed by atoms with Crippen LogP contribution in [0.4, 0.5) is 27.3 Å². The highest BCUT2D eigenvalue weighted by molar-refractivity contribution is 7.93. The fourth-order valence-corrected chi connectivity index (χ4v) is 16.2. The summed E-state index contributed by atoms with van der Waals surface area (Å²) in [5.74, 6) is -1.62. The molecule has 0 aliphatic carbocycles. The van der Waals surface area contributed by atoms with Crippen molar-refractivity contribution in [1.29, 1.82) is 0 Å². The van der Waals surface area contributed by atoms with Crippen molar-refractivity contribution >= 4 is 104 Å². The summed E-state index contributed by atoms with van der Waals surface area (Å²) in [5.41, 5.74) is 14.2. The van der Waals surface area contributed by atoms with Crippen molar-refractivity contribution in [1.82, 2.24) is 15.0 Å². The number of carbonyl (C=O) groups excluding carboxylic acids is 4. The van der Waals surface area contributed by atoms with Crippen molar-refractivity contribution in [2.45, 2.75) is 47.3 Å². The van der Waals surface area contributed by atoms with E-state index >= 15 is 0 Å². The Morgan fingerprint density at radius 1 is 0.532 bits per heavy atom. The Morgan fingerprint density at radius 3 is 1.72 bits per heavy atom. The molecule has 5 N–H and O–H groups in total. The lowest BCUT2D eigenvalue weighted by molar-refractivity contribution is 0.0985. The molecule has 24 heteroatoms. The number of benzene rings is 8. The van der Waals surface area contributed by atoms with Crippen LogP contribution in [-0.2, 0) is 49.3 Å². The third-order valence-electron chi connectivity index (χ3n) is 15.2. The first-order valence-corrected chi connectivity index (χ1v) is 35.4. The maximum atomic E-state index is 13.3. The number of nitrogens with zero attached hydrogens (tertiary/aromatic N) is 5. The SMILES string of the molecule is Cc1sc(NC(=O)c2ccc(S(=O)(=O)N3CCc4ccccc43)cc2)nc1-c1ccccc1.NC(=O)c1ccccc1CC(=O)c1cccc(S(=O)(=O)Nc2ccccc2)c1.O=C(Nc1nc(-c2ccccn2)cs1)c1ccc(S(=O)(=O)N2CCCc3ccccc32)cc1. The van der Waals surface area contributed by atoms with E-state index in [1.165, 1.54) is 104 Å². The van der Waals surface area contributed by atoms with E-state index in [9.17, 15) is 44.4 Å². The smallest absolute Gasteiger partial charge is 0.264 e. The lowest BCUT2D eigenvalue weighted by atomic mass is 9.98. The molecule has 0 unspecified atom stereocenters. The number of fused-ring (bicyclic) bond motifs is 2. The van der Waals surface area contributed by atoms with E-state index in [-0.39, 0.29) is 49.8 Å². The zero-order valence-corrected chi connectivity index (χ0v) is 54.3. The predicted octanol–water partition coefficient (Wildman–Crippen LogP) is 12.7. The highest BCUT2D eigenvalue weighted by Gasteiger charge is 2.32. The number of aryl methyl sites for hydroxylation is 2. The molecule has 19 nitrogen and oxygen atoms in total. The van der Waals surface area contributed by atoms with Crippen molar-refractivity contribution in [3.63, 3.8) is 0 Å². The molecule has 3 amide bonds. The molecule has 0 radical (unpaired) electrons. The van der Waals surface area contributed by atoms with Crippen LogP contribution in [-0.4, -0.2) is 76.8 Å². The molecular formula is C70H59N9O10S5. The largest absolute Gasteiger partial charge is 0.366 e. The van der Waals surface area contributed by atoms with Crippen LogP contribution in [0.2, 0.25) is 0 Å². The summed E-state index contributed by atoms with van der Waals surface area (Å²) in [7, 11) is -11.3. The Kier molecular flexibility index (Phi) is 19.8. The van der Waals surface area contributed by atoms with Crippen molar-refractivity contribution in [3.8, 4) is 22.6 Å². The molecular weight excluding hydrogens is 1290 g/mol. The third kappa shape index (κ3) is 15.0. The predicted molar refractivity (Wildman–Crippen MR) is 367 cm³/mol. The van der Waals surface area contributed by atoms with Crippen LogP contribution in [0, 0.1) is 6.92 Å². The standard InChI is InChI=1S/C25H21N3O3S2.C24H20N4O3S2.C21H18N2O4S/c1-17-23(19-8-3-2-4-9-19)26-25(32-17)27-24(29)20-11-13-21(14-12-20)33(30,31)28-16-15-18-7-5-6-10-22(18)28;29-23(27-24-26-21(16-32-24)20-8-3-4-14-25-20)18-10-12-19(13-11-18)33(30,31)28-15-5-7-17-6-1-2-9-22(17)28;22-21(25)19-12-5-4-7-15(19)14-20(24)16-8-6-11-18(13-16)28(26,27)23-17-9-2-1-3-10-17/h2-14H,15-16H2,1H3,(H,26,27,29);1-4,6,8-14,16H,5,7,15H2,(H,26,27,29);1-13,23H,14H2,(H2,22,25). The molecule has 0 saturated heterocycles. The summed E-state index contributed by atoms with van der Waals surface area (Å²) in [5, 5.41) is 8.36. The molecule has 0 atom stereocenters. The van der Waals surface area contributed by atoms with Crippen molar-refractivity contribution in [2.75, 3.05) is 37.1 Å². The summed E-state index contributed by atoms with van der Waals surface area (Å²) < 4.78 is 83.4. The number of nitrogens with one attached hydrogen (secondary N) is 3. The van der Waals surface area contributed by atoms with Crippen LogP contribution in [0.1, 0.15) is 69.4 Å². The summed E-state index contributed by atoms with van der Waals surface area (Å²) in [6.45, 7) is 2.81. The molecule has 11 aromatic rings. The van der Waals surface area contributed by atoms with Gasteiger partial charge in [0.05, 0.1) is 37.4 Å². The highest BCUT2D eigenvalue weighted by atomic mass is 32.2. The van der Waals surface area contributed by atoms with E-state index in [0.717, 1.165) is 51.5 Å². The fourth-order valence-electron chi connectivity index (χ4n) is 10.5. The number of carbonyl (C=O) groups is 4. The number of nitrogens with two attached hydrogens (primary N) is 1. The van der Waals surface area contributed by atoms with Gasteiger partial charge in [-0.25, -0.2) is 35.2 Å². The van der Waals surface area contributed by atoms with Crippen LogP contribution in [0.15, 0.2) is 251 Å². The second kappa shape index (κ2) is 28.6.